The lowest BCUT2D eigenvalue weighted by atomic mass is 10.1. The zero-order valence-electron chi connectivity index (χ0n) is 11.7. The lowest BCUT2D eigenvalue weighted by molar-refractivity contribution is -0.149. The Hall–Kier alpha value is -1.26. The predicted octanol–water partition coefficient (Wildman–Crippen LogP) is 2.95. The van der Waals surface area contributed by atoms with Gasteiger partial charge in [-0.25, -0.2) is 4.79 Å². The highest BCUT2D eigenvalue weighted by atomic mass is 35.5. The Morgan fingerprint density at radius 2 is 2.05 bits per heavy atom. The van der Waals surface area contributed by atoms with Crippen LogP contribution < -0.4 is 10.1 Å². The number of carbonyl (C=O) groups is 1. The van der Waals surface area contributed by atoms with E-state index in [9.17, 15) is 4.79 Å². The van der Waals surface area contributed by atoms with Crippen molar-refractivity contribution >= 4 is 17.6 Å². The molecule has 0 aliphatic heterocycles. The van der Waals surface area contributed by atoms with Gasteiger partial charge in [0.25, 0.3) is 0 Å². The van der Waals surface area contributed by atoms with Gasteiger partial charge < -0.3 is 14.8 Å². The third kappa shape index (κ3) is 5.09. The van der Waals surface area contributed by atoms with Gasteiger partial charge in [-0.3, -0.25) is 0 Å². The molecule has 0 bridgehead atoms. The zero-order valence-corrected chi connectivity index (χ0v) is 12.5. The average molecular weight is 286 g/mol. The molecular formula is C14H20ClNO3. The molecular weight excluding hydrogens is 266 g/mol. The molecule has 1 N–H and O–H groups in total. The molecule has 1 aromatic carbocycles. The third-order valence-corrected chi connectivity index (χ3v) is 2.90. The number of carbonyl (C=O) groups excluding carboxylic acids is 1. The van der Waals surface area contributed by atoms with Crippen LogP contribution in [0.15, 0.2) is 18.2 Å². The van der Waals surface area contributed by atoms with E-state index in [1.807, 2.05) is 26.1 Å². The molecule has 0 amide bonds. The normalized spacial score (nSPS) is 12.3. The Morgan fingerprint density at radius 1 is 1.37 bits per heavy atom. The summed E-state index contributed by atoms with van der Waals surface area (Å²) >= 11 is 6.11. The van der Waals surface area contributed by atoms with Crippen LogP contribution in [0.5, 0.6) is 5.75 Å². The molecule has 4 nitrogen and oxygen atoms in total. The van der Waals surface area contributed by atoms with Gasteiger partial charge in [0.05, 0.1) is 11.1 Å². The maximum absolute atomic E-state index is 11.4. The molecule has 0 aliphatic rings. The van der Waals surface area contributed by atoms with E-state index in [1.165, 1.54) is 0 Å². The van der Waals surface area contributed by atoms with E-state index < -0.39 is 5.97 Å². The van der Waals surface area contributed by atoms with E-state index in [1.54, 1.807) is 19.9 Å². The number of rotatable bonds is 6. The van der Waals surface area contributed by atoms with Crippen molar-refractivity contribution in [1.82, 2.24) is 5.32 Å². The van der Waals surface area contributed by atoms with Crippen molar-refractivity contribution in [3.05, 3.63) is 28.8 Å². The SMILES string of the molecule is CNC(C)c1ccc(OCC(=O)OC(C)C)c(Cl)c1. The first kappa shape index (κ1) is 15.8. The van der Waals surface area contributed by atoms with Crippen molar-refractivity contribution in [3.63, 3.8) is 0 Å². The smallest absolute Gasteiger partial charge is 0.344 e. The molecule has 106 valence electrons. The molecule has 1 unspecified atom stereocenters. The van der Waals surface area contributed by atoms with Crippen molar-refractivity contribution in [2.24, 2.45) is 0 Å². The lowest BCUT2D eigenvalue weighted by Gasteiger charge is -2.14. The fraction of sp³-hybridized carbons (Fsp3) is 0.500. The second kappa shape index (κ2) is 7.36. The molecule has 1 atom stereocenters. The van der Waals surface area contributed by atoms with Gasteiger partial charge in [-0.2, -0.15) is 0 Å². The molecule has 0 heterocycles. The molecule has 0 aromatic heterocycles. The number of esters is 1. The molecule has 1 rings (SSSR count). The Bertz CT molecular complexity index is 435. The molecule has 0 saturated heterocycles. The van der Waals surface area contributed by atoms with E-state index in [2.05, 4.69) is 5.32 Å². The van der Waals surface area contributed by atoms with Crippen LogP contribution in [0.2, 0.25) is 5.02 Å². The van der Waals surface area contributed by atoms with Gasteiger partial charge in [-0.1, -0.05) is 17.7 Å². The molecule has 0 saturated carbocycles. The summed E-state index contributed by atoms with van der Waals surface area (Å²) in [6, 6.07) is 5.70. The Balaban J connectivity index is 2.63. The highest BCUT2D eigenvalue weighted by Gasteiger charge is 2.10. The van der Waals surface area contributed by atoms with Gasteiger partial charge in [0.15, 0.2) is 6.61 Å². The topological polar surface area (TPSA) is 47.6 Å². The second-order valence-corrected chi connectivity index (χ2v) is 4.93. The van der Waals surface area contributed by atoms with E-state index in [0.717, 1.165) is 5.56 Å². The summed E-state index contributed by atoms with van der Waals surface area (Å²) in [4.78, 5) is 11.4. The van der Waals surface area contributed by atoms with Gasteiger partial charge in [0.1, 0.15) is 5.75 Å². The Labute approximate surface area is 119 Å². The fourth-order valence-electron chi connectivity index (χ4n) is 1.50. The molecule has 0 spiro atoms. The number of hydrogen-bond donors (Lipinski definition) is 1. The lowest BCUT2D eigenvalue weighted by Crippen LogP contribution is -2.19. The van der Waals surface area contributed by atoms with E-state index in [-0.39, 0.29) is 18.8 Å². The van der Waals surface area contributed by atoms with E-state index >= 15 is 0 Å². The summed E-state index contributed by atoms with van der Waals surface area (Å²) < 4.78 is 10.3. The van der Waals surface area contributed by atoms with Crippen LogP contribution in [0.25, 0.3) is 0 Å². The Morgan fingerprint density at radius 3 is 2.58 bits per heavy atom. The summed E-state index contributed by atoms with van der Waals surface area (Å²) in [6.07, 6.45) is -0.148. The minimum absolute atomic E-state index is 0.140. The van der Waals surface area contributed by atoms with Crippen LogP contribution in [-0.4, -0.2) is 25.7 Å². The summed E-state index contributed by atoms with van der Waals surface area (Å²) in [5, 5.41) is 3.61. The van der Waals surface area contributed by atoms with Crippen molar-refractivity contribution < 1.29 is 14.3 Å². The van der Waals surface area contributed by atoms with Crippen molar-refractivity contribution in [1.29, 1.82) is 0 Å². The van der Waals surface area contributed by atoms with E-state index in [0.29, 0.717) is 10.8 Å². The Kier molecular flexibility index (Phi) is 6.12. The minimum atomic E-state index is -0.404. The van der Waals surface area contributed by atoms with Crippen molar-refractivity contribution in [3.8, 4) is 5.75 Å². The van der Waals surface area contributed by atoms with Crippen molar-refractivity contribution in [2.75, 3.05) is 13.7 Å². The largest absolute Gasteiger partial charge is 0.480 e. The minimum Gasteiger partial charge on any atom is -0.480 e. The number of benzene rings is 1. The fourth-order valence-corrected chi connectivity index (χ4v) is 1.75. The van der Waals surface area contributed by atoms with Crippen LogP contribution in [0, 0.1) is 0 Å². The monoisotopic (exact) mass is 285 g/mol. The predicted molar refractivity (Wildman–Crippen MR) is 75.6 cm³/mol. The quantitative estimate of drug-likeness (QED) is 0.817. The van der Waals surface area contributed by atoms with Crippen LogP contribution in [0.1, 0.15) is 32.4 Å². The summed E-state index contributed by atoms with van der Waals surface area (Å²) in [7, 11) is 1.88. The molecule has 5 heteroatoms. The zero-order chi connectivity index (χ0) is 14.4. The summed E-state index contributed by atoms with van der Waals surface area (Å²) in [6.45, 7) is 5.47. The highest BCUT2D eigenvalue weighted by Crippen LogP contribution is 2.27. The van der Waals surface area contributed by atoms with Crippen LogP contribution in [0.3, 0.4) is 0 Å². The average Bonchev–Trinajstić information content (AvgIpc) is 2.35. The first-order valence-electron chi connectivity index (χ1n) is 6.23. The van der Waals surface area contributed by atoms with Crippen LogP contribution in [0.4, 0.5) is 0 Å². The third-order valence-electron chi connectivity index (χ3n) is 2.60. The van der Waals surface area contributed by atoms with Gasteiger partial charge in [-0.05, 0) is 45.5 Å². The molecule has 0 aliphatic carbocycles. The second-order valence-electron chi connectivity index (χ2n) is 4.53. The number of nitrogens with one attached hydrogen (secondary N) is 1. The number of halogens is 1. The molecule has 0 fully saturated rings. The molecule has 0 radical (unpaired) electrons. The van der Waals surface area contributed by atoms with Gasteiger partial charge >= 0.3 is 5.97 Å². The van der Waals surface area contributed by atoms with Gasteiger partial charge in [-0.15, -0.1) is 0 Å². The van der Waals surface area contributed by atoms with Crippen molar-refractivity contribution in [2.45, 2.75) is 32.9 Å². The summed E-state index contributed by atoms with van der Waals surface area (Å²) in [5.41, 5.74) is 1.06. The van der Waals surface area contributed by atoms with Crippen LogP contribution >= 0.6 is 11.6 Å². The molecule has 1 aromatic rings. The highest BCUT2D eigenvalue weighted by molar-refractivity contribution is 6.32. The van der Waals surface area contributed by atoms with Gasteiger partial charge in [0, 0.05) is 6.04 Å². The first-order valence-corrected chi connectivity index (χ1v) is 6.60. The van der Waals surface area contributed by atoms with Gasteiger partial charge in [0.2, 0.25) is 0 Å². The molecule has 19 heavy (non-hydrogen) atoms. The summed E-state index contributed by atoms with van der Waals surface area (Å²) in [5.74, 6) is 0.0770. The standard InChI is InChI=1S/C14H20ClNO3/c1-9(2)19-14(17)8-18-13-6-5-11(7-12(13)15)10(3)16-4/h5-7,9-10,16H,8H2,1-4H3. The number of hydrogen-bond acceptors (Lipinski definition) is 4. The number of ether oxygens (including phenoxy) is 2. The first-order chi connectivity index (χ1) is 8.93. The van der Waals surface area contributed by atoms with Crippen LogP contribution in [-0.2, 0) is 9.53 Å². The maximum atomic E-state index is 11.4. The maximum Gasteiger partial charge on any atom is 0.344 e. The van der Waals surface area contributed by atoms with E-state index in [4.69, 9.17) is 21.1 Å².